The van der Waals surface area contributed by atoms with Gasteiger partial charge in [0.25, 0.3) is 0 Å². The number of nitrogens with zero attached hydrogens (tertiary/aromatic N) is 2. The van der Waals surface area contributed by atoms with Crippen molar-refractivity contribution in [3.8, 4) is 0 Å². The lowest BCUT2D eigenvalue weighted by molar-refractivity contribution is -0.188. The molecule has 0 aliphatic rings. The van der Waals surface area contributed by atoms with Gasteiger partial charge < -0.3 is 5.11 Å². The van der Waals surface area contributed by atoms with E-state index in [-0.39, 0.29) is 0 Å². The second-order valence-corrected chi connectivity index (χ2v) is 4.87. The summed E-state index contributed by atoms with van der Waals surface area (Å²) in [7, 11) is 0. The van der Waals surface area contributed by atoms with Crippen molar-refractivity contribution >= 4 is 29.3 Å². The number of hydrogen-bond donors (Lipinski definition) is 1. The molecule has 1 rings (SSSR count). The summed E-state index contributed by atoms with van der Waals surface area (Å²) in [5.41, 5.74) is 0. The van der Waals surface area contributed by atoms with Gasteiger partial charge in [-0.25, -0.2) is 4.98 Å². The Hall–Kier alpha value is -0.830. The van der Waals surface area contributed by atoms with Gasteiger partial charge in [-0.1, -0.05) is 11.8 Å². The van der Waals surface area contributed by atoms with Crippen LogP contribution in [0.3, 0.4) is 0 Å². The van der Waals surface area contributed by atoms with Gasteiger partial charge in [0.15, 0.2) is 10.3 Å². The summed E-state index contributed by atoms with van der Waals surface area (Å²) in [6, 6.07) is 0. The van der Waals surface area contributed by atoms with Gasteiger partial charge in [0.1, 0.15) is 5.82 Å². The minimum absolute atomic E-state index is 0.341. The molecular weight excluding hydrogens is 265 g/mol. The van der Waals surface area contributed by atoms with Gasteiger partial charge in [0.2, 0.25) is 0 Å². The predicted octanol–water partition coefficient (Wildman–Crippen LogP) is 2.20. The minimum Gasteiger partial charge on any atom is -0.481 e. The molecular formula is C7H7F3N2O2S2. The molecule has 4 nitrogen and oxygen atoms in total. The van der Waals surface area contributed by atoms with Crippen LogP contribution in [0.25, 0.3) is 0 Å². The highest BCUT2D eigenvalue weighted by atomic mass is 32.2. The predicted molar refractivity (Wildman–Crippen MR) is 52.6 cm³/mol. The van der Waals surface area contributed by atoms with Crippen molar-refractivity contribution in [2.75, 3.05) is 5.75 Å². The Labute approximate surface area is 97.1 Å². The Morgan fingerprint density at radius 1 is 1.62 bits per heavy atom. The van der Waals surface area contributed by atoms with E-state index in [0.717, 1.165) is 23.3 Å². The average Bonchev–Trinajstić information content (AvgIpc) is 2.48. The van der Waals surface area contributed by atoms with Crippen molar-refractivity contribution in [3.05, 3.63) is 5.82 Å². The van der Waals surface area contributed by atoms with Gasteiger partial charge >= 0.3 is 12.1 Å². The van der Waals surface area contributed by atoms with Crippen molar-refractivity contribution in [1.82, 2.24) is 9.36 Å². The van der Waals surface area contributed by atoms with E-state index in [4.69, 9.17) is 5.11 Å². The Morgan fingerprint density at radius 3 is 2.62 bits per heavy atom. The van der Waals surface area contributed by atoms with Crippen LogP contribution in [0.4, 0.5) is 13.2 Å². The van der Waals surface area contributed by atoms with E-state index in [2.05, 4.69) is 9.36 Å². The molecule has 0 fully saturated rings. The lowest BCUT2D eigenvalue weighted by atomic mass is 10.2. The van der Waals surface area contributed by atoms with Gasteiger partial charge in [0, 0.05) is 5.75 Å². The van der Waals surface area contributed by atoms with Crippen LogP contribution in [0.5, 0.6) is 0 Å². The van der Waals surface area contributed by atoms with Crippen molar-refractivity contribution < 1.29 is 23.1 Å². The molecule has 1 aromatic rings. The first-order valence-corrected chi connectivity index (χ1v) is 5.79. The number of carboxylic acid groups (broad SMARTS) is 1. The maximum Gasteiger partial charge on any atom is 0.403 e. The van der Waals surface area contributed by atoms with E-state index in [1.807, 2.05) is 0 Å². The number of aromatic nitrogens is 2. The lowest BCUT2D eigenvalue weighted by Crippen LogP contribution is -2.32. The SMILES string of the molecule is Cc1nsc(SCC(C(=O)O)C(F)(F)F)n1. The third-order valence-corrected chi connectivity index (χ3v) is 3.59. The Morgan fingerprint density at radius 2 is 2.25 bits per heavy atom. The van der Waals surface area contributed by atoms with Gasteiger partial charge in [-0.05, 0) is 18.5 Å². The summed E-state index contributed by atoms with van der Waals surface area (Å²) >= 11 is 1.70. The normalized spacial score (nSPS) is 13.8. The minimum atomic E-state index is -4.74. The van der Waals surface area contributed by atoms with E-state index < -0.39 is 23.8 Å². The Balaban J connectivity index is 2.61. The summed E-state index contributed by atoms with van der Waals surface area (Å²) in [6.07, 6.45) is -4.74. The average molecular weight is 272 g/mol. The number of aryl methyl sites for hydroxylation is 1. The summed E-state index contributed by atoms with van der Waals surface area (Å²) in [6.45, 7) is 1.61. The molecule has 9 heteroatoms. The second-order valence-electron chi connectivity index (χ2n) is 2.85. The number of carboxylic acids is 1. The van der Waals surface area contributed by atoms with Crippen LogP contribution in [0, 0.1) is 12.8 Å². The third kappa shape index (κ3) is 3.63. The highest BCUT2D eigenvalue weighted by Crippen LogP contribution is 2.32. The Kier molecular flexibility index (Phi) is 4.14. The fourth-order valence-electron chi connectivity index (χ4n) is 0.797. The van der Waals surface area contributed by atoms with Crippen molar-refractivity contribution in [3.63, 3.8) is 0 Å². The fourth-order valence-corrected chi connectivity index (χ4v) is 2.59. The zero-order valence-electron chi connectivity index (χ0n) is 7.98. The zero-order valence-corrected chi connectivity index (χ0v) is 9.62. The van der Waals surface area contributed by atoms with Crippen LogP contribution in [-0.4, -0.2) is 32.4 Å². The second kappa shape index (κ2) is 5.00. The molecule has 16 heavy (non-hydrogen) atoms. The summed E-state index contributed by atoms with van der Waals surface area (Å²) in [5, 5.41) is 8.43. The quantitative estimate of drug-likeness (QED) is 0.851. The monoisotopic (exact) mass is 272 g/mol. The molecule has 1 unspecified atom stereocenters. The van der Waals surface area contributed by atoms with Crippen LogP contribution in [0.1, 0.15) is 5.82 Å². The third-order valence-electron chi connectivity index (χ3n) is 1.58. The van der Waals surface area contributed by atoms with Gasteiger partial charge in [-0.3, -0.25) is 4.79 Å². The Bertz CT molecular complexity index is 380. The van der Waals surface area contributed by atoms with Crippen molar-refractivity contribution in [2.45, 2.75) is 17.4 Å². The van der Waals surface area contributed by atoms with Crippen molar-refractivity contribution in [2.24, 2.45) is 5.92 Å². The smallest absolute Gasteiger partial charge is 0.403 e. The van der Waals surface area contributed by atoms with E-state index in [1.54, 1.807) is 6.92 Å². The molecule has 0 aromatic carbocycles. The topological polar surface area (TPSA) is 63.1 Å². The summed E-state index contributed by atoms with van der Waals surface area (Å²) in [4.78, 5) is 14.2. The van der Waals surface area contributed by atoms with E-state index in [1.165, 1.54) is 0 Å². The van der Waals surface area contributed by atoms with Crippen LogP contribution < -0.4 is 0 Å². The summed E-state index contributed by atoms with van der Waals surface area (Å²) in [5.74, 6) is -4.37. The standard InChI is InChI=1S/C7H7F3N2O2S2/c1-3-11-6(16-12-3)15-2-4(5(13)14)7(8,9)10/h4H,2H2,1H3,(H,13,14). The molecule has 0 aliphatic carbocycles. The van der Waals surface area contributed by atoms with Crippen LogP contribution in [-0.2, 0) is 4.79 Å². The van der Waals surface area contributed by atoms with E-state index in [0.29, 0.717) is 10.2 Å². The number of halogens is 3. The zero-order chi connectivity index (χ0) is 12.3. The largest absolute Gasteiger partial charge is 0.481 e. The van der Waals surface area contributed by atoms with Gasteiger partial charge in [0.05, 0.1) is 0 Å². The molecule has 1 N–H and O–H groups in total. The maximum atomic E-state index is 12.3. The number of thioether (sulfide) groups is 1. The lowest BCUT2D eigenvalue weighted by Gasteiger charge is -2.14. The molecule has 0 aliphatic heterocycles. The number of aliphatic carboxylic acids is 1. The van der Waals surface area contributed by atoms with E-state index >= 15 is 0 Å². The van der Waals surface area contributed by atoms with Crippen LogP contribution in [0.15, 0.2) is 4.34 Å². The van der Waals surface area contributed by atoms with Gasteiger partial charge in [-0.2, -0.15) is 17.5 Å². The number of alkyl halides is 3. The molecule has 0 bridgehead atoms. The first-order valence-electron chi connectivity index (χ1n) is 4.03. The molecule has 0 saturated heterocycles. The molecule has 0 amide bonds. The number of hydrogen-bond acceptors (Lipinski definition) is 5. The van der Waals surface area contributed by atoms with Crippen molar-refractivity contribution in [1.29, 1.82) is 0 Å². The molecule has 0 spiro atoms. The molecule has 1 heterocycles. The first-order chi connectivity index (χ1) is 7.30. The maximum absolute atomic E-state index is 12.3. The number of carbonyl (C=O) groups is 1. The highest BCUT2D eigenvalue weighted by molar-refractivity contribution is 8.00. The van der Waals surface area contributed by atoms with Crippen LogP contribution >= 0.6 is 23.3 Å². The summed E-state index contributed by atoms with van der Waals surface area (Å²) < 4.78 is 40.9. The highest BCUT2D eigenvalue weighted by Gasteiger charge is 2.45. The van der Waals surface area contributed by atoms with Crippen LogP contribution in [0.2, 0.25) is 0 Å². The number of rotatable bonds is 4. The van der Waals surface area contributed by atoms with Gasteiger partial charge in [-0.15, -0.1) is 0 Å². The molecule has 1 atom stereocenters. The molecule has 90 valence electrons. The molecule has 1 aromatic heterocycles. The molecule has 0 radical (unpaired) electrons. The fraction of sp³-hybridized carbons (Fsp3) is 0.571. The van der Waals surface area contributed by atoms with E-state index in [9.17, 15) is 18.0 Å². The molecule has 0 saturated carbocycles. The first kappa shape index (κ1) is 13.2.